The Morgan fingerprint density at radius 3 is 2.67 bits per heavy atom. The third-order valence-electron chi connectivity index (χ3n) is 1.40. The summed E-state index contributed by atoms with van der Waals surface area (Å²) in [7, 11) is 0. The van der Waals surface area contributed by atoms with Gasteiger partial charge in [0.05, 0.1) is 6.61 Å². The highest BCUT2D eigenvalue weighted by Crippen LogP contribution is 2.08. The molecule has 0 bridgehead atoms. The van der Waals surface area contributed by atoms with E-state index in [1.54, 1.807) is 0 Å². The molecule has 1 heterocycles. The van der Waals surface area contributed by atoms with E-state index in [4.69, 9.17) is 5.11 Å². The smallest absolute Gasteiger partial charge is 0.0587 e. The summed E-state index contributed by atoms with van der Waals surface area (Å²) in [5, 5.41) is 11.7. The van der Waals surface area contributed by atoms with Gasteiger partial charge in [-0.2, -0.15) is 0 Å². The van der Waals surface area contributed by atoms with Crippen LogP contribution in [0.2, 0.25) is 0 Å². The highest BCUT2D eigenvalue weighted by atomic mass is 35.5. The maximum Gasteiger partial charge on any atom is 0.0587 e. The van der Waals surface area contributed by atoms with Crippen molar-refractivity contribution in [2.24, 2.45) is 0 Å². The van der Waals surface area contributed by atoms with Crippen LogP contribution in [0.15, 0.2) is 12.2 Å². The van der Waals surface area contributed by atoms with Gasteiger partial charge in [0.15, 0.2) is 0 Å². The summed E-state index contributed by atoms with van der Waals surface area (Å²) >= 11 is 0. The highest BCUT2D eigenvalue weighted by molar-refractivity contribution is 5.85. The van der Waals surface area contributed by atoms with Gasteiger partial charge in [-0.05, 0) is 6.42 Å². The number of hydrogen-bond donors (Lipinski definition) is 2. The van der Waals surface area contributed by atoms with Crippen molar-refractivity contribution >= 4 is 12.4 Å². The van der Waals surface area contributed by atoms with Gasteiger partial charge in [-0.3, -0.25) is 0 Å². The van der Waals surface area contributed by atoms with Crippen molar-refractivity contribution in [1.29, 1.82) is 0 Å². The fourth-order valence-electron chi connectivity index (χ4n) is 0.911. The molecule has 54 valence electrons. The minimum atomic E-state index is 0. The molecule has 1 aliphatic rings. The summed E-state index contributed by atoms with van der Waals surface area (Å²) in [5.74, 6) is 0. The lowest BCUT2D eigenvalue weighted by atomic mass is 10.2. The van der Waals surface area contributed by atoms with Crippen LogP contribution in [-0.2, 0) is 0 Å². The predicted octanol–water partition coefficient (Wildman–Crippen LogP) is 0.319. The molecule has 0 aromatic carbocycles. The van der Waals surface area contributed by atoms with Gasteiger partial charge in [0, 0.05) is 12.6 Å². The number of rotatable bonds is 1. The Morgan fingerprint density at radius 2 is 2.44 bits per heavy atom. The van der Waals surface area contributed by atoms with Crippen LogP contribution in [0.4, 0.5) is 0 Å². The second-order valence-corrected chi connectivity index (χ2v) is 2.21. The summed E-state index contributed by atoms with van der Waals surface area (Å²) < 4.78 is 0. The van der Waals surface area contributed by atoms with E-state index >= 15 is 0 Å². The summed E-state index contributed by atoms with van der Waals surface area (Å²) in [4.78, 5) is 0. The van der Waals surface area contributed by atoms with Crippen LogP contribution in [0.25, 0.3) is 0 Å². The molecule has 1 saturated heterocycles. The molecular weight excluding hydrogens is 138 g/mol. The quantitative estimate of drug-likeness (QED) is 0.527. The van der Waals surface area contributed by atoms with E-state index < -0.39 is 0 Å². The number of halogens is 1. The van der Waals surface area contributed by atoms with E-state index in [0.29, 0.717) is 0 Å². The topological polar surface area (TPSA) is 32.3 Å². The zero-order valence-electron chi connectivity index (χ0n) is 5.26. The molecular formula is C6H12ClNO. The number of aliphatic hydroxyl groups is 1. The molecule has 0 aromatic heterocycles. The van der Waals surface area contributed by atoms with Crippen LogP contribution in [-0.4, -0.2) is 24.3 Å². The van der Waals surface area contributed by atoms with Gasteiger partial charge in [-0.1, -0.05) is 12.2 Å². The fraction of sp³-hybridized carbons (Fsp3) is 0.667. The Bertz CT molecular complexity index is 105. The van der Waals surface area contributed by atoms with E-state index in [9.17, 15) is 0 Å². The molecule has 1 aliphatic heterocycles. The first-order valence-corrected chi connectivity index (χ1v) is 2.84. The Balaban J connectivity index is 0.000000640. The predicted molar refractivity (Wildman–Crippen MR) is 39.9 cm³/mol. The maximum atomic E-state index is 8.58. The van der Waals surface area contributed by atoms with Crippen molar-refractivity contribution < 1.29 is 5.11 Å². The molecule has 3 heteroatoms. The molecule has 0 saturated carbocycles. The van der Waals surface area contributed by atoms with Gasteiger partial charge >= 0.3 is 0 Å². The van der Waals surface area contributed by atoms with E-state index in [1.807, 2.05) is 0 Å². The van der Waals surface area contributed by atoms with Gasteiger partial charge in [0.2, 0.25) is 0 Å². The second kappa shape index (κ2) is 3.88. The zero-order chi connectivity index (χ0) is 5.98. The van der Waals surface area contributed by atoms with Crippen LogP contribution in [0.5, 0.6) is 0 Å². The Labute approximate surface area is 61.4 Å². The average Bonchev–Trinajstić information content (AvgIpc) is 2.14. The van der Waals surface area contributed by atoms with E-state index in [0.717, 1.165) is 13.0 Å². The molecule has 0 aromatic rings. The summed E-state index contributed by atoms with van der Waals surface area (Å²) in [5.41, 5.74) is 1.20. The molecule has 1 fully saturated rings. The van der Waals surface area contributed by atoms with Gasteiger partial charge in [0.25, 0.3) is 0 Å². The second-order valence-electron chi connectivity index (χ2n) is 2.21. The third-order valence-corrected chi connectivity index (χ3v) is 1.40. The zero-order valence-corrected chi connectivity index (χ0v) is 6.08. The summed E-state index contributed by atoms with van der Waals surface area (Å²) in [6.45, 7) is 4.89. The first-order chi connectivity index (χ1) is 3.83. The summed E-state index contributed by atoms with van der Waals surface area (Å²) in [6.07, 6.45) is 0.941. The standard InChI is InChI=1S/C6H11NO.ClH/c1-5-2-6(4-8)7-3-5;/h6-8H,1-4H2;1H/t6-;/m0./s1. The SMILES string of the molecule is C=C1CN[C@H](CO)C1.Cl. The Kier molecular flexibility index (Phi) is 3.86. The van der Waals surface area contributed by atoms with Crippen molar-refractivity contribution in [2.75, 3.05) is 13.2 Å². The molecule has 0 unspecified atom stereocenters. The van der Waals surface area contributed by atoms with Gasteiger partial charge < -0.3 is 10.4 Å². The maximum absolute atomic E-state index is 8.58. The van der Waals surface area contributed by atoms with Crippen LogP contribution < -0.4 is 5.32 Å². The molecule has 1 atom stereocenters. The first-order valence-electron chi connectivity index (χ1n) is 2.84. The highest BCUT2D eigenvalue weighted by Gasteiger charge is 2.14. The Hall–Kier alpha value is -0.0500. The van der Waals surface area contributed by atoms with Crippen molar-refractivity contribution in [3.63, 3.8) is 0 Å². The van der Waals surface area contributed by atoms with Crippen molar-refractivity contribution in [1.82, 2.24) is 5.32 Å². The van der Waals surface area contributed by atoms with Crippen LogP contribution in [0.3, 0.4) is 0 Å². The van der Waals surface area contributed by atoms with E-state index in [-0.39, 0.29) is 25.1 Å². The Morgan fingerprint density at radius 1 is 1.78 bits per heavy atom. The van der Waals surface area contributed by atoms with Gasteiger partial charge in [0.1, 0.15) is 0 Å². The molecule has 0 radical (unpaired) electrons. The molecule has 0 amide bonds. The van der Waals surface area contributed by atoms with Gasteiger partial charge in [-0.25, -0.2) is 0 Å². The van der Waals surface area contributed by atoms with Crippen LogP contribution in [0.1, 0.15) is 6.42 Å². The molecule has 2 nitrogen and oxygen atoms in total. The van der Waals surface area contributed by atoms with Gasteiger partial charge in [-0.15, -0.1) is 12.4 Å². The van der Waals surface area contributed by atoms with E-state index in [1.165, 1.54) is 5.57 Å². The summed E-state index contributed by atoms with van der Waals surface area (Å²) in [6, 6.07) is 0.280. The van der Waals surface area contributed by atoms with Crippen LogP contribution in [0, 0.1) is 0 Å². The lowest BCUT2D eigenvalue weighted by molar-refractivity contribution is 0.256. The number of aliphatic hydroxyl groups excluding tert-OH is 1. The largest absolute Gasteiger partial charge is 0.395 e. The van der Waals surface area contributed by atoms with E-state index in [2.05, 4.69) is 11.9 Å². The minimum Gasteiger partial charge on any atom is -0.395 e. The molecule has 1 rings (SSSR count). The number of nitrogens with one attached hydrogen (secondary N) is 1. The van der Waals surface area contributed by atoms with Crippen LogP contribution >= 0.6 is 12.4 Å². The van der Waals surface area contributed by atoms with Crippen molar-refractivity contribution in [3.8, 4) is 0 Å². The first kappa shape index (κ1) is 8.95. The third kappa shape index (κ3) is 2.35. The fourth-order valence-corrected chi connectivity index (χ4v) is 0.911. The molecule has 2 N–H and O–H groups in total. The lowest BCUT2D eigenvalue weighted by Gasteiger charge is -2.01. The lowest BCUT2D eigenvalue weighted by Crippen LogP contribution is -2.24. The molecule has 0 spiro atoms. The van der Waals surface area contributed by atoms with Crippen molar-refractivity contribution in [2.45, 2.75) is 12.5 Å². The average molecular weight is 150 g/mol. The minimum absolute atomic E-state index is 0. The monoisotopic (exact) mass is 149 g/mol. The molecule has 9 heavy (non-hydrogen) atoms. The number of hydrogen-bond acceptors (Lipinski definition) is 2. The van der Waals surface area contributed by atoms with Crippen molar-refractivity contribution in [3.05, 3.63) is 12.2 Å². The molecule has 0 aliphatic carbocycles. The normalized spacial score (nSPS) is 25.9.